The van der Waals surface area contributed by atoms with Gasteiger partial charge in [0, 0.05) is 26.1 Å². The highest BCUT2D eigenvalue weighted by molar-refractivity contribution is 5.89. The first-order chi connectivity index (χ1) is 14.9. The van der Waals surface area contributed by atoms with E-state index >= 15 is 0 Å². The number of carbonyl (C=O) groups is 2. The van der Waals surface area contributed by atoms with Crippen molar-refractivity contribution in [3.8, 4) is 0 Å². The first kappa shape index (κ1) is 20.8. The van der Waals surface area contributed by atoms with Gasteiger partial charge in [0.1, 0.15) is 5.82 Å². The van der Waals surface area contributed by atoms with Gasteiger partial charge in [-0.15, -0.1) is 0 Å². The lowest BCUT2D eigenvalue weighted by Crippen LogP contribution is -2.37. The standard InChI is InChI=1S/C24H26N4O3/c1-3-27(15-21-25-20-7-5-4-6-19(20)23(30)26-21)24(31)18-12-22(29)28(14-18)13-17-10-8-16(2)9-11-17/h4-11,18H,3,12-15H2,1-2H3,(H,25,26,30). The lowest BCUT2D eigenvalue weighted by atomic mass is 10.1. The maximum Gasteiger partial charge on any atom is 0.258 e. The number of rotatable bonds is 6. The van der Waals surface area contributed by atoms with E-state index in [9.17, 15) is 14.4 Å². The molecular weight excluding hydrogens is 392 g/mol. The van der Waals surface area contributed by atoms with E-state index in [1.165, 1.54) is 5.56 Å². The van der Waals surface area contributed by atoms with Crippen LogP contribution in [0.4, 0.5) is 0 Å². The van der Waals surface area contributed by atoms with Gasteiger partial charge < -0.3 is 14.8 Å². The van der Waals surface area contributed by atoms with Crippen molar-refractivity contribution in [2.75, 3.05) is 13.1 Å². The molecule has 4 rings (SSSR count). The molecule has 2 amide bonds. The molecule has 0 bridgehead atoms. The maximum atomic E-state index is 13.1. The summed E-state index contributed by atoms with van der Waals surface area (Å²) in [5, 5.41) is 0.522. The highest BCUT2D eigenvalue weighted by atomic mass is 16.2. The van der Waals surface area contributed by atoms with Crippen LogP contribution in [0.1, 0.15) is 30.3 Å². The number of nitrogens with one attached hydrogen (secondary N) is 1. The number of amides is 2. The fourth-order valence-corrected chi connectivity index (χ4v) is 4.00. The van der Waals surface area contributed by atoms with E-state index < -0.39 is 0 Å². The number of hydrogen-bond donors (Lipinski definition) is 1. The van der Waals surface area contributed by atoms with Crippen LogP contribution in [0.3, 0.4) is 0 Å². The van der Waals surface area contributed by atoms with Crippen LogP contribution in [-0.2, 0) is 22.7 Å². The van der Waals surface area contributed by atoms with E-state index in [-0.39, 0.29) is 36.3 Å². The van der Waals surface area contributed by atoms with Crippen molar-refractivity contribution in [3.63, 3.8) is 0 Å². The Morgan fingerprint density at radius 2 is 1.90 bits per heavy atom. The minimum Gasteiger partial charge on any atom is -0.338 e. The summed E-state index contributed by atoms with van der Waals surface area (Å²) in [6.45, 7) is 5.50. The number of para-hydroxylation sites is 1. The number of likely N-dealkylation sites (tertiary alicyclic amines) is 1. The molecule has 0 spiro atoms. The molecule has 1 fully saturated rings. The molecule has 0 radical (unpaired) electrons. The zero-order valence-electron chi connectivity index (χ0n) is 17.8. The number of aromatic amines is 1. The Kier molecular flexibility index (Phi) is 5.84. The Labute approximate surface area is 180 Å². The fourth-order valence-electron chi connectivity index (χ4n) is 4.00. The number of fused-ring (bicyclic) bond motifs is 1. The molecule has 1 aliphatic rings. The molecule has 1 unspecified atom stereocenters. The third-order valence-corrected chi connectivity index (χ3v) is 5.75. The van der Waals surface area contributed by atoms with Crippen LogP contribution in [0.5, 0.6) is 0 Å². The molecule has 31 heavy (non-hydrogen) atoms. The predicted octanol–water partition coefficient (Wildman–Crippen LogP) is 2.63. The lowest BCUT2D eigenvalue weighted by Gasteiger charge is -2.24. The number of benzene rings is 2. The van der Waals surface area contributed by atoms with Crippen molar-refractivity contribution in [3.05, 3.63) is 75.8 Å². The van der Waals surface area contributed by atoms with Gasteiger partial charge >= 0.3 is 0 Å². The second-order valence-corrected chi connectivity index (χ2v) is 8.04. The molecule has 1 atom stereocenters. The third-order valence-electron chi connectivity index (χ3n) is 5.75. The largest absolute Gasteiger partial charge is 0.338 e. The zero-order chi connectivity index (χ0) is 22.0. The second-order valence-electron chi connectivity index (χ2n) is 8.04. The fraction of sp³-hybridized carbons (Fsp3) is 0.333. The van der Waals surface area contributed by atoms with Crippen LogP contribution < -0.4 is 5.56 Å². The van der Waals surface area contributed by atoms with E-state index in [0.29, 0.717) is 36.4 Å². The van der Waals surface area contributed by atoms with Gasteiger partial charge in [0.15, 0.2) is 0 Å². The number of H-pyrrole nitrogens is 1. The van der Waals surface area contributed by atoms with E-state index in [1.54, 1.807) is 28.0 Å². The van der Waals surface area contributed by atoms with Crippen molar-refractivity contribution in [2.24, 2.45) is 5.92 Å². The molecule has 3 aromatic rings. The maximum absolute atomic E-state index is 13.1. The Hall–Kier alpha value is -3.48. The summed E-state index contributed by atoms with van der Waals surface area (Å²) < 4.78 is 0. The average molecular weight is 418 g/mol. The monoisotopic (exact) mass is 418 g/mol. The highest BCUT2D eigenvalue weighted by Crippen LogP contribution is 2.23. The second kappa shape index (κ2) is 8.71. The predicted molar refractivity (Wildman–Crippen MR) is 118 cm³/mol. The SMILES string of the molecule is CCN(Cc1nc2ccccc2c(=O)[nH]1)C(=O)C1CC(=O)N(Cc2ccc(C)cc2)C1. The summed E-state index contributed by atoms with van der Waals surface area (Å²) in [5.74, 6) is -0.0323. The smallest absolute Gasteiger partial charge is 0.258 e. The molecular formula is C24H26N4O3. The van der Waals surface area contributed by atoms with Crippen LogP contribution in [0.2, 0.25) is 0 Å². The van der Waals surface area contributed by atoms with Gasteiger partial charge in [-0.05, 0) is 31.5 Å². The van der Waals surface area contributed by atoms with Gasteiger partial charge in [0.05, 0.1) is 23.4 Å². The molecule has 1 aromatic heterocycles. The van der Waals surface area contributed by atoms with Gasteiger partial charge in [-0.25, -0.2) is 4.98 Å². The van der Waals surface area contributed by atoms with Crippen LogP contribution in [0.15, 0.2) is 53.3 Å². The normalized spacial score (nSPS) is 16.1. The zero-order valence-corrected chi connectivity index (χ0v) is 17.8. The average Bonchev–Trinajstić information content (AvgIpc) is 3.13. The van der Waals surface area contributed by atoms with Crippen molar-refractivity contribution >= 4 is 22.7 Å². The summed E-state index contributed by atoms with van der Waals surface area (Å²) in [4.78, 5) is 48.7. The van der Waals surface area contributed by atoms with E-state index in [1.807, 2.05) is 44.2 Å². The summed E-state index contributed by atoms with van der Waals surface area (Å²) >= 11 is 0. The summed E-state index contributed by atoms with van der Waals surface area (Å²) in [6, 6.07) is 15.2. The number of nitrogens with zero attached hydrogens (tertiary/aromatic N) is 3. The number of carbonyl (C=O) groups excluding carboxylic acids is 2. The van der Waals surface area contributed by atoms with Crippen LogP contribution in [0.25, 0.3) is 10.9 Å². The summed E-state index contributed by atoms with van der Waals surface area (Å²) in [7, 11) is 0. The van der Waals surface area contributed by atoms with Crippen LogP contribution in [-0.4, -0.2) is 44.7 Å². The molecule has 1 N–H and O–H groups in total. The van der Waals surface area contributed by atoms with Crippen LogP contribution in [0, 0.1) is 12.8 Å². The number of aromatic nitrogens is 2. The minimum absolute atomic E-state index is 0.00721. The Bertz CT molecular complexity index is 1170. The first-order valence-corrected chi connectivity index (χ1v) is 10.5. The van der Waals surface area contributed by atoms with Crippen molar-refractivity contribution in [2.45, 2.75) is 33.4 Å². The van der Waals surface area contributed by atoms with Gasteiger partial charge in [-0.2, -0.15) is 0 Å². The molecule has 2 heterocycles. The van der Waals surface area contributed by atoms with Gasteiger partial charge in [-0.3, -0.25) is 14.4 Å². The van der Waals surface area contributed by atoms with Crippen LogP contribution >= 0.6 is 0 Å². The minimum atomic E-state index is -0.384. The Morgan fingerprint density at radius 3 is 2.65 bits per heavy atom. The van der Waals surface area contributed by atoms with E-state index in [0.717, 1.165) is 5.56 Å². The molecule has 7 heteroatoms. The number of aryl methyl sites for hydroxylation is 1. The number of hydrogen-bond acceptors (Lipinski definition) is 4. The molecule has 1 aliphatic heterocycles. The molecule has 0 aliphatic carbocycles. The third kappa shape index (κ3) is 4.50. The highest BCUT2D eigenvalue weighted by Gasteiger charge is 2.36. The quantitative estimate of drug-likeness (QED) is 0.667. The Morgan fingerprint density at radius 1 is 1.16 bits per heavy atom. The molecule has 2 aromatic carbocycles. The summed E-state index contributed by atoms with van der Waals surface area (Å²) in [6.07, 6.45) is 0.211. The molecule has 1 saturated heterocycles. The van der Waals surface area contributed by atoms with Gasteiger partial charge in [0.2, 0.25) is 11.8 Å². The topological polar surface area (TPSA) is 86.4 Å². The molecule has 7 nitrogen and oxygen atoms in total. The molecule has 160 valence electrons. The molecule has 0 saturated carbocycles. The van der Waals surface area contributed by atoms with E-state index in [2.05, 4.69) is 9.97 Å². The first-order valence-electron chi connectivity index (χ1n) is 10.5. The summed E-state index contributed by atoms with van der Waals surface area (Å²) in [5.41, 5.74) is 2.61. The Balaban J connectivity index is 1.45. The van der Waals surface area contributed by atoms with Gasteiger partial charge in [0.25, 0.3) is 5.56 Å². The lowest BCUT2D eigenvalue weighted by molar-refractivity contribution is -0.136. The van der Waals surface area contributed by atoms with Crippen molar-refractivity contribution in [1.29, 1.82) is 0 Å². The van der Waals surface area contributed by atoms with Gasteiger partial charge in [-0.1, -0.05) is 42.0 Å². The van der Waals surface area contributed by atoms with Crippen molar-refractivity contribution < 1.29 is 9.59 Å². The van der Waals surface area contributed by atoms with Crippen molar-refractivity contribution in [1.82, 2.24) is 19.8 Å². The van der Waals surface area contributed by atoms with E-state index in [4.69, 9.17) is 0 Å².